The van der Waals surface area contributed by atoms with Crippen molar-refractivity contribution in [2.45, 2.75) is 53.4 Å². The van der Waals surface area contributed by atoms with Crippen LogP contribution in [0.15, 0.2) is 95.6 Å². The van der Waals surface area contributed by atoms with E-state index >= 15 is 0 Å². The highest BCUT2D eigenvalue weighted by molar-refractivity contribution is 6.06. The Kier molecular flexibility index (Phi) is 11.0. The monoisotopic (exact) mass is 428 g/mol. The van der Waals surface area contributed by atoms with E-state index in [-0.39, 0.29) is 5.78 Å². The molecule has 32 heavy (non-hydrogen) atoms. The van der Waals surface area contributed by atoms with Crippen molar-refractivity contribution in [2.75, 3.05) is 6.61 Å². The van der Waals surface area contributed by atoms with E-state index in [0.717, 1.165) is 37.0 Å². The number of carbonyl (C=O) groups is 1. The summed E-state index contributed by atoms with van der Waals surface area (Å²) in [4.78, 5) is 12.1. The van der Waals surface area contributed by atoms with Crippen LogP contribution in [0.25, 0.3) is 6.08 Å². The molecule has 0 aliphatic carbocycles. The molecule has 2 aromatic carbocycles. The minimum atomic E-state index is 0.00414. The van der Waals surface area contributed by atoms with Gasteiger partial charge in [-0.25, -0.2) is 0 Å². The summed E-state index contributed by atoms with van der Waals surface area (Å²) < 4.78 is 5.84. The molecule has 0 saturated heterocycles. The molecule has 0 atom stereocenters. The average Bonchev–Trinajstić information content (AvgIpc) is 2.78. The van der Waals surface area contributed by atoms with Crippen molar-refractivity contribution in [1.29, 1.82) is 0 Å². The summed E-state index contributed by atoms with van der Waals surface area (Å²) in [5.74, 6) is 0.833. The molecule has 2 heteroatoms. The quantitative estimate of drug-likeness (QED) is 0.193. The summed E-state index contributed by atoms with van der Waals surface area (Å²) in [7, 11) is 0. The summed E-state index contributed by atoms with van der Waals surface area (Å²) in [5.41, 5.74) is 5.87. The van der Waals surface area contributed by atoms with Crippen LogP contribution in [0, 0.1) is 0 Å². The Labute approximate surface area is 194 Å². The van der Waals surface area contributed by atoms with Crippen LogP contribution in [0.5, 0.6) is 5.75 Å². The fourth-order valence-corrected chi connectivity index (χ4v) is 3.16. The van der Waals surface area contributed by atoms with Gasteiger partial charge in [0.25, 0.3) is 0 Å². The number of carbonyl (C=O) groups excluding carboxylic acids is 1. The van der Waals surface area contributed by atoms with E-state index in [2.05, 4.69) is 45.9 Å². The third-order valence-corrected chi connectivity index (χ3v) is 5.17. The smallest absolute Gasteiger partial charge is 0.185 e. The van der Waals surface area contributed by atoms with Gasteiger partial charge in [0.15, 0.2) is 5.78 Å². The second-order valence-electron chi connectivity index (χ2n) is 8.40. The van der Waals surface area contributed by atoms with E-state index in [1.165, 1.54) is 16.7 Å². The first-order chi connectivity index (χ1) is 15.4. The molecule has 0 aromatic heterocycles. The number of rotatable bonds is 12. The van der Waals surface area contributed by atoms with E-state index in [0.29, 0.717) is 12.2 Å². The summed E-state index contributed by atoms with van der Waals surface area (Å²) in [6.07, 6.45) is 14.6. The van der Waals surface area contributed by atoms with Gasteiger partial charge in [0.1, 0.15) is 12.4 Å². The number of ketones is 1. The minimum Gasteiger partial charge on any atom is -0.490 e. The van der Waals surface area contributed by atoms with Crippen molar-refractivity contribution in [3.63, 3.8) is 0 Å². The Morgan fingerprint density at radius 1 is 0.781 bits per heavy atom. The highest BCUT2D eigenvalue weighted by atomic mass is 16.5. The van der Waals surface area contributed by atoms with Crippen LogP contribution >= 0.6 is 0 Å². The van der Waals surface area contributed by atoms with Crippen LogP contribution in [0.2, 0.25) is 0 Å². The summed E-state index contributed by atoms with van der Waals surface area (Å²) in [6, 6.07) is 17.1. The summed E-state index contributed by atoms with van der Waals surface area (Å²) >= 11 is 0. The van der Waals surface area contributed by atoms with Crippen LogP contribution in [-0.2, 0) is 0 Å². The maximum Gasteiger partial charge on any atom is 0.185 e. The van der Waals surface area contributed by atoms with Crippen LogP contribution in [0.3, 0.4) is 0 Å². The van der Waals surface area contributed by atoms with Gasteiger partial charge in [-0.3, -0.25) is 4.79 Å². The van der Waals surface area contributed by atoms with Crippen LogP contribution < -0.4 is 4.74 Å². The molecule has 2 rings (SSSR count). The second-order valence-corrected chi connectivity index (χ2v) is 8.40. The number of ether oxygens (including phenoxy) is 1. The number of allylic oxidation sites excluding steroid dienone is 6. The molecule has 0 aliphatic heterocycles. The fourth-order valence-electron chi connectivity index (χ4n) is 3.16. The molecule has 0 fully saturated rings. The second kappa shape index (κ2) is 14.0. The number of benzene rings is 2. The molecule has 2 nitrogen and oxygen atoms in total. The predicted molar refractivity (Wildman–Crippen MR) is 137 cm³/mol. The van der Waals surface area contributed by atoms with Gasteiger partial charge in [-0.2, -0.15) is 0 Å². The van der Waals surface area contributed by atoms with Gasteiger partial charge in [0.05, 0.1) is 0 Å². The average molecular weight is 429 g/mol. The molecule has 0 spiro atoms. The predicted octanol–water partition coefficient (Wildman–Crippen LogP) is 8.38. The van der Waals surface area contributed by atoms with E-state index in [4.69, 9.17) is 4.74 Å². The van der Waals surface area contributed by atoms with E-state index in [1.54, 1.807) is 6.08 Å². The molecule has 0 amide bonds. The Hall–Kier alpha value is -3.13. The molecule has 0 saturated carbocycles. The van der Waals surface area contributed by atoms with Gasteiger partial charge >= 0.3 is 0 Å². The van der Waals surface area contributed by atoms with Crippen LogP contribution in [0.1, 0.15) is 69.3 Å². The zero-order chi connectivity index (χ0) is 23.2. The van der Waals surface area contributed by atoms with Crippen molar-refractivity contribution in [2.24, 2.45) is 0 Å². The van der Waals surface area contributed by atoms with E-state index in [1.807, 2.05) is 60.7 Å². The highest BCUT2D eigenvalue weighted by Gasteiger charge is 2.00. The van der Waals surface area contributed by atoms with Gasteiger partial charge in [-0.15, -0.1) is 0 Å². The largest absolute Gasteiger partial charge is 0.490 e. The molecule has 0 unspecified atom stereocenters. The third kappa shape index (κ3) is 10.3. The lowest BCUT2D eigenvalue weighted by Crippen LogP contribution is -1.95. The highest BCUT2D eigenvalue weighted by Crippen LogP contribution is 2.15. The summed E-state index contributed by atoms with van der Waals surface area (Å²) in [6.45, 7) is 9.24. The molecule has 0 heterocycles. The molecular formula is C30H36O2. The first-order valence-electron chi connectivity index (χ1n) is 11.4. The lowest BCUT2D eigenvalue weighted by Gasteiger charge is -2.05. The molecule has 0 radical (unpaired) electrons. The lowest BCUT2D eigenvalue weighted by atomic mass is 10.1. The normalized spacial score (nSPS) is 12.1. The Balaban J connectivity index is 1.73. The Morgan fingerprint density at radius 2 is 1.41 bits per heavy atom. The Bertz CT molecular complexity index is 954. The number of hydrogen-bond acceptors (Lipinski definition) is 2. The van der Waals surface area contributed by atoms with Crippen molar-refractivity contribution >= 4 is 11.9 Å². The first kappa shape index (κ1) is 25.1. The van der Waals surface area contributed by atoms with Crippen molar-refractivity contribution in [1.82, 2.24) is 0 Å². The van der Waals surface area contributed by atoms with Crippen LogP contribution in [0.4, 0.5) is 0 Å². The minimum absolute atomic E-state index is 0.00414. The Morgan fingerprint density at radius 3 is 2.06 bits per heavy atom. The van der Waals surface area contributed by atoms with Gasteiger partial charge in [-0.1, -0.05) is 77.4 Å². The van der Waals surface area contributed by atoms with Gasteiger partial charge in [-0.05, 0) is 83.2 Å². The van der Waals surface area contributed by atoms with E-state index < -0.39 is 0 Å². The standard InChI is InChI=1S/C30H36O2/c1-24(2)10-8-11-25(3)12-9-13-26(4)22-23-32-29-19-16-27(17-20-29)18-21-30(31)28-14-6-5-7-15-28/h5-7,10,12,14-22H,8-9,11,13,23H2,1-4H3/b21-18+,25-12+,26-22+. The third-order valence-electron chi connectivity index (χ3n) is 5.17. The zero-order valence-electron chi connectivity index (χ0n) is 19.9. The molecule has 2 aromatic rings. The lowest BCUT2D eigenvalue weighted by molar-refractivity contribution is 0.104. The van der Waals surface area contributed by atoms with Gasteiger partial charge in [0, 0.05) is 5.56 Å². The van der Waals surface area contributed by atoms with Crippen LogP contribution in [-0.4, -0.2) is 12.4 Å². The SMILES string of the molecule is CC(C)=CCC/C(C)=C/CC/C(C)=C/COc1ccc(/C=C/C(=O)c2ccccc2)cc1. The summed E-state index contributed by atoms with van der Waals surface area (Å²) in [5, 5.41) is 0. The van der Waals surface area contributed by atoms with Crippen molar-refractivity contribution in [3.8, 4) is 5.75 Å². The zero-order valence-corrected chi connectivity index (χ0v) is 19.9. The van der Waals surface area contributed by atoms with E-state index in [9.17, 15) is 4.79 Å². The molecular weight excluding hydrogens is 392 g/mol. The maximum absolute atomic E-state index is 12.1. The maximum atomic E-state index is 12.1. The first-order valence-corrected chi connectivity index (χ1v) is 11.4. The molecule has 0 aliphatic rings. The molecule has 168 valence electrons. The topological polar surface area (TPSA) is 26.3 Å². The van der Waals surface area contributed by atoms with Crippen molar-refractivity contribution in [3.05, 3.63) is 107 Å². The molecule has 0 N–H and O–H groups in total. The molecule has 0 bridgehead atoms. The number of hydrogen-bond donors (Lipinski definition) is 0. The fraction of sp³-hybridized carbons (Fsp3) is 0.300. The van der Waals surface area contributed by atoms with Gasteiger partial charge in [0.2, 0.25) is 0 Å². The van der Waals surface area contributed by atoms with Gasteiger partial charge < -0.3 is 4.74 Å². The van der Waals surface area contributed by atoms with Crippen molar-refractivity contribution < 1.29 is 9.53 Å².